The number of rotatable bonds is 4. The van der Waals surface area contributed by atoms with Gasteiger partial charge in [0.05, 0.1) is 17.1 Å². The van der Waals surface area contributed by atoms with Gasteiger partial charge in [-0.3, -0.25) is 0 Å². The van der Waals surface area contributed by atoms with Crippen molar-refractivity contribution in [3.05, 3.63) is 91.0 Å². The molecule has 0 aliphatic heterocycles. The standard InChI is InChI=1S/C18H15N2/c1-4-10-16(11-5-1)19-20(17-12-6-2-7-13-17)18-14-8-3-9-15-18/h1-15H. The fourth-order valence-electron chi connectivity index (χ4n) is 2.01. The van der Waals surface area contributed by atoms with Crippen molar-refractivity contribution in [1.82, 2.24) is 5.43 Å². The Labute approximate surface area is 119 Å². The van der Waals surface area contributed by atoms with Crippen LogP contribution in [0.15, 0.2) is 91.0 Å². The molecule has 3 aromatic rings. The van der Waals surface area contributed by atoms with Crippen LogP contribution in [0.5, 0.6) is 0 Å². The lowest BCUT2D eigenvalue weighted by Gasteiger charge is -2.23. The van der Waals surface area contributed by atoms with Crippen molar-refractivity contribution in [3.63, 3.8) is 0 Å². The van der Waals surface area contributed by atoms with Gasteiger partial charge in [-0.05, 0) is 36.4 Å². The number of benzene rings is 3. The molecular weight excluding hydrogens is 244 g/mol. The zero-order valence-corrected chi connectivity index (χ0v) is 11.1. The maximum atomic E-state index is 4.73. The van der Waals surface area contributed by atoms with Gasteiger partial charge in [-0.1, -0.05) is 54.6 Å². The fourth-order valence-corrected chi connectivity index (χ4v) is 2.01. The quantitative estimate of drug-likeness (QED) is 0.622. The Hall–Kier alpha value is -2.74. The Morgan fingerprint density at radius 1 is 0.500 bits per heavy atom. The third kappa shape index (κ3) is 2.81. The lowest BCUT2D eigenvalue weighted by Crippen LogP contribution is -2.23. The Balaban J connectivity index is 1.96. The van der Waals surface area contributed by atoms with E-state index in [1.165, 1.54) is 0 Å². The molecule has 0 aromatic heterocycles. The maximum absolute atomic E-state index is 4.73. The molecule has 0 bridgehead atoms. The van der Waals surface area contributed by atoms with Crippen molar-refractivity contribution in [3.8, 4) is 0 Å². The summed E-state index contributed by atoms with van der Waals surface area (Å²) in [7, 11) is 0. The number of hydrogen-bond donors (Lipinski definition) is 0. The van der Waals surface area contributed by atoms with Gasteiger partial charge in [0.2, 0.25) is 0 Å². The average Bonchev–Trinajstić information content (AvgIpc) is 2.55. The van der Waals surface area contributed by atoms with Crippen LogP contribution >= 0.6 is 0 Å². The summed E-state index contributed by atoms with van der Waals surface area (Å²) < 4.78 is 0. The summed E-state index contributed by atoms with van der Waals surface area (Å²) in [5.41, 5.74) is 7.75. The van der Waals surface area contributed by atoms with Gasteiger partial charge in [-0.15, -0.1) is 0 Å². The monoisotopic (exact) mass is 259 g/mol. The SMILES string of the molecule is c1ccc([N]N(c2ccccc2)c2ccccc2)cc1. The van der Waals surface area contributed by atoms with E-state index in [0.717, 1.165) is 17.1 Å². The number of hydrogen-bond acceptors (Lipinski definition) is 1. The lowest BCUT2D eigenvalue weighted by molar-refractivity contribution is 0.881. The third-order valence-corrected chi connectivity index (χ3v) is 2.97. The van der Waals surface area contributed by atoms with Crippen LogP contribution in [0.4, 0.5) is 17.1 Å². The van der Waals surface area contributed by atoms with Crippen molar-refractivity contribution in [1.29, 1.82) is 0 Å². The Morgan fingerprint density at radius 3 is 1.35 bits per heavy atom. The molecule has 0 atom stereocenters. The van der Waals surface area contributed by atoms with E-state index in [1.807, 2.05) is 71.7 Å². The second-order valence-corrected chi connectivity index (χ2v) is 4.42. The molecule has 0 heterocycles. The second-order valence-electron chi connectivity index (χ2n) is 4.42. The molecular formula is C18H15N2. The molecule has 20 heavy (non-hydrogen) atoms. The minimum atomic E-state index is 0.931. The molecule has 0 aliphatic rings. The predicted octanol–water partition coefficient (Wildman–Crippen LogP) is 4.68. The summed E-state index contributed by atoms with van der Waals surface area (Å²) in [5, 5.41) is 1.95. The Kier molecular flexibility index (Phi) is 3.65. The first-order valence-corrected chi connectivity index (χ1v) is 6.60. The van der Waals surface area contributed by atoms with Crippen molar-refractivity contribution in [2.75, 3.05) is 5.01 Å². The molecule has 0 fully saturated rings. The lowest BCUT2D eigenvalue weighted by atomic mass is 10.2. The highest BCUT2D eigenvalue weighted by Crippen LogP contribution is 2.25. The van der Waals surface area contributed by atoms with E-state index in [-0.39, 0.29) is 0 Å². The summed E-state index contributed by atoms with van der Waals surface area (Å²) >= 11 is 0. The van der Waals surface area contributed by atoms with Gasteiger partial charge in [0.25, 0.3) is 0 Å². The van der Waals surface area contributed by atoms with Crippen molar-refractivity contribution >= 4 is 17.1 Å². The van der Waals surface area contributed by atoms with E-state index >= 15 is 0 Å². The van der Waals surface area contributed by atoms with Crippen molar-refractivity contribution < 1.29 is 0 Å². The molecule has 0 saturated heterocycles. The highest BCUT2D eigenvalue weighted by atomic mass is 15.5. The van der Waals surface area contributed by atoms with Crippen LogP contribution in [0, 0.1) is 0 Å². The van der Waals surface area contributed by atoms with E-state index in [9.17, 15) is 0 Å². The number of anilines is 2. The third-order valence-electron chi connectivity index (χ3n) is 2.97. The molecule has 0 spiro atoms. The summed E-state index contributed by atoms with van der Waals surface area (Å²) in [5.74, 6) is 0. The molecule has 2 nitrogen and oxygen atoms in total. The first-order valence-electron chi connectivity index (χ1n) is 6.60. The van der Waals surface area contributed by atoms with Gasteiger partial charge in [0.1, 0.15) is 0 Å². The Morgan fingerprint density at radius 2 is 0.900 bits per heavy atom. The first kappa shape index (κ1) is 12.3. The van der Waals surface area contributed by atoms with E-state index in [4.69, 9.17) is 5.43 Å². The summed E-state index contributed by atoms with van der Waals surface area (Å²) in [6.07, 6.45) is 0. The minimum absolute atomic E-state index is 0.931. The van der Waals surface area contributed by atoms with Crippen molar-refractivity contribution in [2.45, 2.75) is 0 Å². The first-order chi connectivity index (χ1) is 9.93. The van der Waals surface area contributed by atoms with Gasteiger partial charge >= 0.3 is 0 Å². The highest BCUT2D eigenvalue weighted by Gasteiger charge is 2.10. The normalized spacial score (nSPS) is 10.0. The van der Waals surface area contributed by atoms with E-state index < -0.39 is 0 Å². The highest BCUT2D eigenvalue weighted by molar-refractivity contribution is 5.63. The van der Waals surface area contributed by atoms with E-state index in [1.54, 1.807) is 0 Å². The predicted molar refractivity (Wildman–Crippen MR) is 83.3 cm³/mol. The molecule has 0 N–H and O–H groups in total. The molecule has 3 rings (SSSR count). The molecule has 2 heteroatoms. The summed E-state index contributed by atoms with van der Waals surface area (Å²) in [6.45, 7) is 0. The number of nitrogens with zero attached hydrogens (tertiary/aromatic N) is 2. The Bertz CT molecular complexity index is 597. The molecule has 97 valence electrons. The van der Waals surface area contributed by atoms with Crippen LogP contribution in [-0.2, 0) is 0 Å². The maximum Gasteiger partial charge on any atom is 0.0840 e. The van der Waals surface area contributed by atoms with Crippen LogP contribution in [0.1, 0.15) is 0 Å². The fraction of sp³-hybridized carbons (Fsp3) is 0. The minimum Gasteiger partial charge on any atom is -0.233 e. The molecule has 0 aliphatic carbocycles. The van der Waals surface area contributed by atoms with Gasteiger partial charge in [-0.25, -0.2) is 5.01 Å². The molecule has 3 aromatic carbocycles. The largest absolute Gasteiger partial charge is 0.233 e. The molecule has 0 unspecified atom stereocenters. The van der Waals surface area contributed by atoms with Crippen LogP contribution in [0.25, 0.3) is 0 Å². The summed E-state index contributed by atoms with van der Waals surface area (Å²) in [4.78, 5) is 0. The zero-order valence-electron chi connectivity index (χ0n) is 11.1. The molecule has 1 radical (unpaired) electrons. The van der Waals surface area contributed by atoms with Gasteiger partial charge in [-0.2, -0.15) is 5.43 Å². The molecule has 0 amide bonds. The van der Waals surface area contributed by atoms with Crippen LogP contribution in [-0.4, -0.2) is 0 Å². The van der Waals surface area contributed by atoms with Crippen LogP contribution < -0.4 is 10.4 Å². The van der Waals surface area contributed by atoms with Gasteiger partial charge < -0.3 is 0 Å². The van der Waals surface area contributed by atoms with Gasteiger partial charge in [0, 0.05) is 0 Å². The topological polar surface area (TPSA) is 17.3 Å². The van der Waals surface area contributed by atoms with Crippen LogP contribution in [0.3, 0.4) is 0 Å². The second kappa shape index (κ2) is 5.93. The van der Waals surface area contributed by atoms with Crippen LogP contribution in [0.2, 0.25) is 0 Å². The van der Waals surface area contributed by atoms with Gasteiger partial charge in [0.15, 0.2) is 0 Å². The molecule has 0 saturated carbocycles. The van der Waals surface area contributed by atoms with Crippen molar-refractivity contribution in [2.24, 2.45) is 0 Å². The smallest absolute Gasteiger partial charge is 0.0840 e. The average molecular weight is 259 g/mol. The van der Waals surface area contributed by atoms with E-state index in [0.29, 0.717) is 0 Å². The van der Waals surface area contributed by atoms with E-state index in [2.05, 4.69) is 24.3 Å². The number of para-hydroxylation sites is 2. The summed E-state index contributed by atoms with van der Waals surface area (Å²) in [6, 6.07) is 30.3. The zero-order chi connectivity index (χ0) is 13.6.